The van der Waals surface area contributed by atoms with Crippen LogP contribution in [0.5, 0.6) is 5.75 Å². The minimum Gasteiger partial charge on any atom is -0.406 e. The van der Waals surface area contributed by atoms with E-state index in [0.717, 1.165) is 5.56 Å². The largest absolute Gasteiger partial charge is 0.573 e. The highest BCUT2D eigenvalue weighted by molar-refractivity contribution is 5.74. The topological polar surface area (TPSA) is 84.8 Å². The molecule has 10 heteroatoms. The second-order valence-electron chi connectivity index (χ2n) is 7.25. The molecule has 0 saturated carbocycles. The molecule has 2 heterocycles. The summed E-state index contributed by atoms with van der Waals surface area (Å²) in [5, 5.41) is 7.68. The monoisotopic (exact) mass is 395 g/mol. The number of anilines is 1. The maximum Gasteiger partial charge on any atom is 0.573 e. The quantitative estimate of drug-likeness (QED) is 0.692. The van der Waals surface area contributed by atoms with Gasteiger partial charge in [0.2, 0.25) is 5.95 Å². The summed E-state index contributed by atoms with van der Waals surface area (Å²) < 4.78 is 42.1. The Morgan fingerprint density at radius 2 is 1.86 bits per heavy atom. The van der Waals surface area contributed by atoms with E-state index >= 15 is 0 Å². The van der Waals surface area contributed by atoms with Crippen molar-refractivity contribution >= 4 is 17.0 Å². The minimum absolute atomic E-state index is 0.268. The molecule has 1 aromatic carbocycles. The zero-order chi connectivity index (χ0) is 20.5. The van der Waals surface area contributed by atoms with Gasteiger partial charge in [0.05, 0.1) is 11.7 Å². The van der Waals surface area contributed by atoms with Crippen LogP contribution in [0.25, 0.3) is 11.0 Å². The lowest BCUT2D eigenvalue weighted by Crippen LogP contribution is -2.24. The molecule has 0 radical (unpaired) electrons. The molecule has 3 aromatic rings. The Kier molecular flexibility index (Phi) is 5.05. The van der Waals surface area contributed by atoms with E-state index in [0.29, 0.717) is 29.9 Å². The molecule has 0 bridgehead atoms. The van der Waals surface area contributed by atoms with Crippen molar-refractivity contribution in [1.82, 2.24) is 19.7 Å². The highest BCUT2D eigenvalue weighted by Gasteiger charge is 2.30. The van der Waals surface area contributed by atoms with E-state index in [4.69, 9.17) is 0 Å². The molecule has 0 aliphatic carbocycles. The molecule has 7 nitrogen and oxygen atoms in total. The highest BCUT2D eigenvalue weighted by atomic mass is 19.4. The average Bonchev–Trinajstić information content (AvgIpc) is 3.00. The van der Waals surface area contributed by atoms with Gasteiger partial charge in [0.15, 0.2) is 5.65 Å². The third kappa shape index (κ3) is 4.62. The van der Waals surface area contributed by atoms with Gasteiger partial charge in [-0.15, -0.1) is 13.2 Å². The third-order valence-corrected chi connectivity index (χ3v) is 3.94. The van der Waals surface area contributed by atoms with E-state index in [1.807, 2.05) is 20.8 Å². The number of aromatic amines is 1. The fraction of sp³-hybridized carbons (Fsp3) is 0.389. The number of alkyl halides is 3. The predicted molar refractivity (Wildman–Crippen MR) is 98.5 cm³/mol. The van der Waals surface area contributed by atoms with Crippen molar-refractivity contribution in [3.8, 4) is 5.75 Å². The first kappa shape index (κ1) is 19.7. The molecule has 3 rings (SSSR count). The standard InChI is InChI=1S/C18H20F3N5O2/c1-17(2,3)26-14-13(10-23-26)15(27)25-16(24-14)22-9-8-11-4-6-12(7-5-11)28-18(19,20)21/h4-7,10H,8-9H2,1-3H3,(H2,22,24,25,27). The van der Waals surface area contributed by atoms with Crippen LogP contribution in [0.2, 0.25) is 0 Å². The van der Waals surface area contributed by atoms with Crippen molar-refractivity contribution in [3.05, 3.63) is 46.4 Å². The molecular formula is C18H20F3N5O2. The number of halogens is 3. The number of nitrogens with zero attached hydrogens (tertiary/aromatic N) is 3. The van der Waals surface area contributed by atoms with Crippen LogP contribution in [0.1, 0.15) is 26.3 Å². The number of ether oxygens (including phenoxy) is 1. The molecule has 0 atom stereocenters. The molecule has 0 amide bonds. The van der Waals surface area contributed by atoms with Gasteiger partial charge in [-0.25, -0.2) is 4.68 Å². The molecule has 2 aromatic heterocycles. The van der Waals surface area contributed by atoms with Crippen LogP contribution >= 0.6 is 0 Å². The van der Waals surface area contributed by atoms with Gasteiger partial charge < -0.3 is 10.1 Å². The first-order valence-electron chi connectivity index (χ1n) is 8.60. The molecule has 28 heavy (non-hydrogen) atoms. The van der Waals surface area contributed by atoms with E-state index in [1.54, 1.807) is 16.8 Å². The number of aromatic nitrogens is 4. The maximum absolute atomic E-state index is 12.2. The Balaban J connectivity index is 1.68. The molecule has 2 N–H and O–H groups in total. The van der Waals surface area contributed by atoms with Gasteiger partial charge >= 0.3 is 6.36 Å². The van der Waals surface area contributed by atoms with Crippen LogP contribution in [0.4, 0.5) is 19.1 Å². The van der Waals surface area contributed by atoms with Crippen molar-refractivity contribution in [2.75, 3.05) is 11.9 Å². The summed E-state index contributed by atoms with van der Waals surface area (Å²) >= 11 is 0. The first-order chi connectivity index (χ1) is 13.0. The number of hydrogen-bond acceptors (Lipinski definition) is 5. The van der Waals surface area contributed by atoms with Gasteiger partial charge in [-0.05, 0) is 44.9 Å². The number of rotatable bonds is 5. The zero-order valence-corrected chi connectivity index (χ0v) is 15.6. The van der Waals surface area contributed by atoms with Crippen LogP contribution in [0.15, 0.2) is 35.3 Å². The smallest absolute Gasteiger partial charge is 0.406 e. The third-order valence-electron chi connectivity index (χ3n) is 3.94. The van der Waals surface area contributed by atoms with Crippen LogP contribution in [0, 0.1) is 0 Å². The number of nitrogens with one attached hydrogen (secondary N) is 2. The molecule has 0 aliphatic rings. The summed E-state index contributed by atoms with van der Waals surface area (Å²) in [6.07, 6.45) is -2.70. The maximum atomic E-state index is 12.2. The van der Waals surface area contributed by atoms with E-state index < -0.39 is 6.36 Å². The average molecular weight is 395 g/mol. The van der Waals surface area contributed by atoms with Gasteiger partial charge in [0.25, 0.3) is 5.56 Å². The van der Waals surface area contributed by atoms with Crippen LogP contribution in [-0.4, -0.2) is 32.7 Å². The van der Waals surface area contributed by atoms with Gasteiger partial charge in [-0.2, -0.15) is 10.1 Å². The Hall–Kier alpha value is -3.04. The van der Waals surface area contributed by atoms with Crippen molar-refractivity contribution in [3.63, 3.8) is 0 Å². The van der Waals surface area contributed by atoms with E-state index in [-0.39, 0.29) is 16.8 Å². The molecule has 0 spiro atoms. The Bertz CT molecular complexity index is 1020. The van der Waals surface area contributed by atoms with Crippen molar-refractivity contribution in [2.24, 2.45) is 0 Å². The number of fused-ring (bicyclic) bond motifs is 1. The lowest BCUT2D eigenvalue weighted by molar-refractivity contribution is -0.274. The number of benzene rings is 1. The molecule has 0 saturated heterocycles. The van der Waals surface area contributed by atoms with Crippen molar-refractivity contribution < 1.29 is 17.9 Å². The van der Waals surface area contributed by atoms with Gasteiger partial charge in [0.1, 0.15) is 11.1 Å². The van der Waals surface area contributed by atoms with Gasteiger partial charge in [-0.3, -0.25) is 9.78 Å². The fourth-order valence-corrected chi connectivity index (χ4v) is 2.68. The van der Waals surface area contributed by atoms with Crippen molar-refractivity contribution in [2.45, 2.75) is 39.1 Å². The summed E-state index contributed by atoms with van der Waals surface area (Å²) in [5.74, 6) is 0.0385. The summed E-state index contributed by atoms with van der Waals surface area (Å²) in [6, 6.07) is 5.63. The lowest BCUT2D eigenvalue weighted by atomic mass is 10.1. The predicted octanol–water partition coefficient (Wildman–Crippen LogP) is 3.43. The summed E-state index contributed by atoms with van der Waals surface area (Å²) in [5.41, 5.74) is 0.661. The molecule has 0 aliphatic heterocycles. The first-order valence-corrected chi connectivity index (χ1v) is 8.60. The van der Waals surface area contributed by atoms with Crippen LogP contribution in [0.3, 0.4) is 0 Å². The summed E-state index contributed by atoms with van der Waals surface area (Å²) in [7, 11) is 0. The van der Waals surface area contributed by atoms with Gasteiger partial charge in [-0.1, -0.05) is 12.1 Å². The Morgan fingerprint density at radius 3 is 2.46 bits per heavy atom. The second-order valence-corrected chi connectivity index (χ2v) is 7.25. The molecule has 0 unspecified atom stereocenters. The fourth-order valence-electron chi connectivity index (χ4n) is 2.68. The second kappa shape index (κ2) is 7.17. The molecule has 150 valence electrons. The summed E-state index contributed by atoms with van der Waals surface area (Å²) in [4.78, 5) is 19.3. The lowest BCUT2D eigenvalue weighted by Gasteiger charge is -2.19. The number of H-pyrrole nitrogens is 1. The Labute approximate surface area is 158 Å². The van der Waals surface area contributed by atoms with Gasteiger partial charge in [0, 0.05) is 6.54 Å². The van der Waals surface area contributed by atoms with Crippen LogP contribution < -0.4 is 15.6 Å². The summed E-state index contributed by atoms with van der Waals surface area (Å²) in [6.45, 7) is 6.31. The van der Waals surface area contributed by atoms with Crippen LogP contribution in [-0.2, 0) is 12.0 Å². The SMILES string of the molecule is CC(C)(C)n1ncc2c(=O)[nH]c(NCCc3ccc(OC(F)(F)F)cc3)nc21. The Morgan fingerprint density at radius 1 is 1.18 bits per heavy atom. The van der Waals surface area contributed by atoms with Crippen molar-refractivity contribution in [1.29, 1.82) is 0 Å². The normalized spacial score (nSPS) is 12.4. The molecular weight excluding hydrogens is 375 g/mol. The minimum atomic E-state index is -4.71. The van der Waals surface area contributed by atoms with E-state index in [2.05, 4.69) is 25.1 Å². The molecule has 0 fully saturated rings. The zero-order valence-electron chi connectivity index (χ0n) is 15.6. The van der Waals surface area contributed by atoms with E-state index in [9.17, 15) is 18.0 Å². The van der Waals surface area contributed by atoms with E-state index in [1.165, 1.54) is 18.3 Å². The highest BCUT2D eigenvalue weighted by Crippen LogP contribution is 2.23. The number of hydrogen-bond donors (Lipinski definition) is 2.